The molecule has 0 aromatic heterocycles. The molecule has 29 heavy (non-hydrogen) atoms. The standard InChI is InChI=1S/C23H27BrN2O3/c1-28-21-8-6-20(7-9-21)25-12-14-26(15-13-25)22(27)23(10-16-29-17-11-23)18-2-4-19(24)5-3-18/h2-9H,10-17H2,1H3. The molecule has 0 bridgehead atoms. The number of carbonyl (C=O) groups excluding carboxylic acids is 1. The van der Waals surface area contributed by atoms with E-state index in [1.165, 1.54) is 5.69 Å². The monoisotopic (exact) mass is 458 g/mol. The van der Waals surface area contributed by atoms with E-state index in [1.807, 2.05) is 29.2 Å². The molecule has 2 saturated heterocycles. The number of hydrogen-bond acceptors (Lipinski definition) is 4. The van der Waals surface area contributed by atoms with Crippen molar-refractivity contribution in [1.29, 1.82) is 0 Å². The summed E-state index contributed by atoms with van der Waals surface area (Å²) in [7, 11) is 1.68. The maximum Gasteiger partial charge on any atom is 0.233 e. The molecule has 1 amide bonds. The molecule has 0 radical (unpaired) electrons. The van der Waals surface area contributed by atoms with Gasteiger partial charge in [-0.25, -0.2) is 0 Å². The first-order valence-electron chi connectivity index (χ1n) is 10.1. The van der Waals surface area contributed by atoms with Crippen molar-refractivity contribution in [3.05, 3.63) is 58.6 Å². The fourth-order valence-electron chi connectivity index (χ4n) is 4.38. The van der Waals surface area contributed by atoms with Crippen LogP contribution in [0.15, 0.2) is 53.0 Å². The molecule has 2 aromatic rings. The minimum atomic E-state index is -0.471. The normalized spacial score (nSPS) is 19.1. The van der Waals surface area contributed by atoms with Gasteiger partial charge in [-0.2, -0.15) is 0 Å². The van der Waals surface area contributed by atoms with Crippen LogP contribution in [-0.4, -0.2) is 57.3 Å². The number of rotatable bonds is 4. The van der Waals surface area contributed by atoms with E-state index in [0.29, 0.717) is 13.2 Å². The average molecular weight is 459 g/mol. The SMILES string of the molecule is COc1ccc(N2CCN(C(=O)C3(c4ccc(Br)cc4)CCOCC3)CC2)cc1. The van der Waals surface area contributed by atoms with E-state index in [0.717, 1.165) is 54.8 Å². The second kappa shape index (κ2) is 8.76. The lowest BCUT2D eigenvalue weighted by Crippen LogP contribution is -2.56. The molecule has 2 heterocycles. The van der Waals surface area contributed by atoms with Gasteiger partial charge in [-0.15, -0.1) is 0 Å². The third-order valence-electron chi connectivity index (χ3n) is 6.16. The lowest BCUT2D eigenvalue weighted by molar-refractivity contribution is -0.141. The van der Waals surface area contributed by atoms with Crippen molar-refractivity contribution >= 4 is 27.5 Å². The Balaban J connectivity index is 1.48. The van der Waals surface area contributed by atoms with E-state index in [1.54, 1.807) is 7.11 Å². The molecule has 2 fully saturated rings. The number of methoxy groups -OCH3 is 1. The Morgan fingerprint density at radius 1 is 0.966 bits per heavy atom. The Morgan fingerprint density at radius 2 is 1.59 bits per heavy atom. The molecular weight excluding hydrogens is 432 g/mol. The first-order valence-corrected chi connectivity index (χ1v) is 10.9. The highest BCUT2D eigenvalue weighted by Crippen LogP contribution is 2.37. The smallest absolute Gasteiger partial charge is 0.233 e. The second-order valence-electron chi connectivity index (χ2n) is 7.68. The molecule has 0 N–H and O–H groups in total. The largest absolute Gasteiger partial charge is 0.497 e. The predicted molar refractivity (Wildman–Crippen MR) is 118 cm³/mol. The summed E-state index contributed by atoms with van der Waals surface area (Å²) < 4.78 is 11.9. The summed E-state index contributed by atoms with van der Waals surface area (Å²) in [6.45, 7) is 4.42. The number of carbonyl (C=O) groups is 1. The maximum atomic E-state index is 13.7. The van der Waals surface area contributed by atoms with Gasteiger partial charge in [0.05, 0.1) is 12.5 Å². The molecule has 2 aromatic carbocycles. The van der Waals surface area contributed by atoms with E-state index in [4.69, 9.17) is 9.47 Å². The van der Waals surface area contributed by atoms with Crippen molar-refractivity contribution in [3.63, 3.8) is 0 Å². The van der Waals surface area contributed by atoms with Crippen molar-refractivity contribution in [2.45, 2.75) is 18.3 Å². The van der Waals surface area contributed by atoms with Gasteiger partial charge in [0.2, 0.25) is 5.91 Å². The number of halogens is 1. The lowest BCUT2D eigenvalue weighted by atomic mass is 9.73. The molecule has 0 saturated carbocycles. The van der Waals surface area contributed by atoms with Crippen LogP contribution < -0.4 is 9.64 Å². The molecule has 5 nitrogen and oxygen atoms in total. The third kappa shape index (κ3) is 4.14. The first-order chi connectivity index (χ1) is 14.1. The van der Waals surface area contributed by atoms with Crippen LogP contribution in [0.25, 0.3) is 0 Å². The van der Waals surface area contributed by atoms with E-state index in [2.05, 4.69) is 45.1 Å². The number of anilines is 1. The Labute approximate surface area is 180 Å². The maximum absolute atomic E-state index is 13.7. The van der Waals surface area contributed by atoms with Gasteiger partial charge < -0.3 is 19.3 Å². The Kier molecular flexibility index (Phi) is 6.11. The van der Waals surface area contributed by atoms with Gasteiger partial charge >= 0.3 is 0 Å². The van der Waals surface area contributed by atoms with E-state index < -0.39 is 5.41 Å². The van der Waals surface area contributed by atoms with Crippen molar-refractivity contribution in [2.24, 2.45) is 0 Å². The second-order valence-corrected chi connectivity index (χ2v) is 8.59. The summed E-state index contributed by atoms with van der Waals surface area (Å²) >= 11 is 3.51. The summed E-state index contributed by atoms with van der Waals surface area (Å²) in [5.74, 6) is 1.11. The number of hydrogen-bond donors (Lipinski definition) is 0. The van der Waals surface area contributed by atoms with Gasteiger partial charge in [0.25, 0.3) is 0 Å². The highest BCUT2D eigenvalue weighted by molar-refractivity contribution is 9.10. The van der Waals surface area contributed by atoms with E-state index in [-0.39, 0.29) is 5.91 Å². The molecular formula is C23H27BrN2O3. The molecule has 154 valence electrons. The molecule has 2 aliphatic heterocycles. The average Bonchev–Trinajstić information content (AvgIpc) is 2.80. The molecule has 0 atom stereocenters. The van der Waals surface area contributed by atoms with Gasteiger partial charge in [0.1, 0.15) is 5.75 Å². The van der Waals surface area contributed by atoms with Crippen LogP contribution in [0.3, 0.4) is 0 Å². The number of piperazine rings is 1. The minimum Gasteiger partial charge on any atom is -0.497 e. The minimum absolute atomic E-state index is 0.248. The zero-order chi connectivity index (χ0) is 20.3. The summed E-state index contributed by atoms with van der Waals surface area (Å²) in [5.41, 5.74) is 1.81. The van der Waals surface area contributed by atoms with Crippen LogP contribution in [-0.2, 0) is 14.9 Å². The van der Waals surface area contributed by atoms with Crippen molar-refractivity contribution < 1.29 is 14.3 Å². The Bertz CT molecular complexity index is 824. The highest BCUT2D eigenvalue weighted by Gasteiger charge is 2.44. The van der Waals surface area contributed by atoms with Crippen LogP contribution in [0.4, 0.5) is 5.69 Å². The fourth-order valence-corrected chi connectivity index (χ4v) is 4.64. The van der Waals surface area contributed by atoms with Crippen molar-refractivity contribution in [1.82, 2.24) is 4.90 Å². The fraction of sp³-hybridized carbons (Fsp3) is 0.435. The predicted octanol–water partition coefficient (Wildman–Crippen LogP) is 3.85. The molecule has 6 heteroatoms. The van der Waals surface area contributed by atoms with Crippen molar-refractivity contribution in [2.75, 3.05) is 51.4 Å². The quantitative estimate of drug-likeness (QED) is 0.697. The summed E-state index contributed by atoms with van der Waals surface area (Å²) in [4.78, 5) is 18.1. The van der Waals surface area contributed by atoms with Crippen LogP contribution in [0.2, 0.25) is 0 Å². The molecule has 0 unspecified atom stereocenters. The van der Waals surface area contributed by atoms with Crippen LogP contribution in [0.1, 0.15) is 18.4 Å². The van der Waals surface area contributed by atoms with Gasteiger partial charge in [-0.05, 0) is 54.8 Å². The van der Waals surface area contributed by atoms with Gasteiger partial charge in [0.15, 0.2) is 0 Å². The van der Waals surface area contributed by atoms with Crippen LogP contribution in [0.5, 0.6) is 5.75 Å². The zero-order valence-electron chi connectivity index (χ0n) is 16.8. The van der Waals surface area contributed by atoms with E-state index in [9.17, 15) is 4.79 Å². The van der Waals surface area contributed by atoms with Crippen LogP contribution in [0, 0.1) is 0 Å². The molecule has 2 aliphatic rings. The van der Waals surface area contributed by atoms with E-state index >= 15 is 0 Å². The summed E-state index contributed by atoms with van der Waals surface area (Å²) in [6.07, 6.45) is 1.48. The highest BCUT2D eigenvalue weighted by atomic mass is 79.9. The number of amides is 1. The Morgan fingerprint density at radius 3 is 2.17 bits per heavy atom. The number of benzene rings is 2. The number of nitrogens with zero attached hydrogens (tertiary/aromatic N) is 2. The lowest BCUT2D eigenvalue weighted by Gasteiger charge is -2.43. The van der Waals surface area contributed by atoms with Gasteiger partial charge in [-0.1, -0.05) is 28.1 Å². The Hall–Kier alpha value is -2.05. The van der Waals surface area contributed by atoms with Crippen molar-refractivity contribution in [3.8, 4) is 5.75 Å². The first kappa shape index (κ1) is 20.2. The third-order valence-corrected chi connectivity index (χ3v) is 6.69. The molecule has 0 spiro atoms. The topological polar surface area (TPSA) is 42.0 Å². The van der Waals surface area contributed by atoms with Gasteiger partial charge in [-0.3, -0.25) is 4.79 Å². The number of ether oxygens (including phenoxy) is 2. The van der Waals surface area contributed by atoms with Crippen LogP contribution >= 0.6 is 15.9 Å². The zero-order valence-corrected chi connectivity index (χ0v) is 18.4. The summed E-state index contributed by atoms with van der Waals surface area (Å²) in [5, 5.41) is 0. The molecule has 4 rings (SSSR count). The summed E-state index contributed by atoms with van der Waals surface area (Å²) in [6, 6.07) is 16.4. The molecule has 0 aliphatic carbocycles. The van der Waals surface area contributed by atoms with Gasteiger partial charge in [0, 0.05) is 49.6 Å².